The highest BCUT2D eigenvalue weighted by molar-refractivity contribution is 6.04. The maximum atomic E-state index is 13.9. The molecule has 4 aromatic carbocycles. The number of aromatic amines is 1. The van der Waals surface area contributed by atoms with Crippen molar-refractivity contribution in [1.82, 2.24) is 20.7 Å². The lowest BCUT2D eigenvalue weighted by molar-refractivity contribution is -0.385. The summed E-state index contributed by atoms with van der Waals surface area (Å²) in [6.45, 7) is 3.14. The topological polar surface area (TPSA) is 137 Å². The smallest absolute Gasteiger partial charge is 0.272 e. The zero-order valence-electron chi connectivity index (χ0n) is 23.3. The third-order valence-electron chi connectivity index (χ3n) is 7.83. The molecule has 214 valence electrons. The van der Waals surface area contributed by atoms with E-state index in [9.17, 15) is 24.5 Å². The zero-order chi connectivity index (χ0) is 30.2. The molecule has 10 heteroatoms. The molecule has 3 N–H and O–H groups in total. The van der Waals surface area contributed by atoms with E-state index in [4.69, 9.17) is 0 Å². The number of nitro groups is 1. The SMILES string of the molecule is Cc1cc(C(=O)NNC(=O)C(C)N2C(=O)c3ccccc3C2c2c(-c3ccccc3)[nH]c3ccccc23)ccc1[N+](=O)[O-]. The number of fused-ring (bicyclic) bond motifs is 2. The van der Waals surface area contributed by atoms with Gasteiger partial charge in [-0.15, -0.1) is 0 Å². The number of aromatic nitrogens is 1. The van der Waals surface area contributed by atoms with E-state index in [0.29, 0.717) is 11.1 Å². The zero-order valence-corrected chi connectivity index (χ0v) is 23.3. The van der Waals surface area contributed by atoms with Gasteiger partial charge in [-0.25, -0.2) is 0 Å². The normalized spacial score (nSPS) is 14.8. The molecule has 6 rings (SSSR count). The lowest BCUT2D eigenvalue weighted by Crippen LogP contribution is -2.52. The van der Waals surface area contributed by atoms with Crippen LogP contribution in [0.4, 0.5) is 5.69 Å². The number of nitro benzene ring substituents is 1. The Kier molecular flexibility index (Phi) is 6.95. The van der Waals surface area contributed by atoms with Gasteiger partial charge in [-0.3, -0.25) is 35.3 Å². The number of hydrogen-bond donors (Lipinski definition) is 3. The Morgan fingerprint density at radius 2 is 1.63 bits per heavy atom. The third kappa shape index (κ3) is 4.78. The van der Waals surface area contributed by atoms with Crippen LogP contribution in [0.2, 0.25) is 0 Å². The lowest BCUT2D eigenvalue weighted by Gasteiger charge is -2.31. The summed E-state index contributed by atoms with van der Waals surface area (Å²) in [6, 6.07) is 27.3. The Bertz CT molecular complexity index is 1920. The molecule has 43 heavy (non-hydrogen) atoms. The summed E-state index contributed by atoms with van der Waals surface area (Å²) in [5.41, 5.74) is 9.99. The molecular formula is C33H27N5O5. The summed E-state index contributed by atoms with van der Waals surface area (Å²) in [6.07, 6.45) is 0. The number of para-hydroxylation sites is 1. The fourth-order valence-corrected chi connectivity index (χ4v) is 5.73. The largest absolute Gasteiger partial charge is 0.354 e. The Morgan fingerprint density at radius 1 is 0.930 bits per heavy atom. The number of hydrogen-bond acceptors (Lipinski definition) is 5. The van der Waals surface area contributed by atoms with Crippen molar-refractivity contribution in [2.75, 3.05) is 0 Å². The van der Waals surface area contributed by atoms with Crippen LogP contribution in [0.3, 0.4) is 0 Å². The van der Waals surface area contributed by atoms with E-state index >= 15 is 0 Å². The summed E-state index contributed by atoms with van der Waals surface area (Å²) in [7, 11) is 0. The van der Waals surface area contributed by atoms with Gasteiger partial charge in [0.15, 0.2) is 0 Å². The Balaban J connectivity index is 1.35. The van der Waals surface area contributed by atoms with Gasteiger partial charge in [0.2, 0.25) is 0 Å². The van der Waals surface area contributed by atoms with E-state index in [1.54, 1.807) is 24.0 Å². The standard InChI is InChI=1S/C33H27N5O5/c1-19-18-22(16-17-27(19)38(42)43)32(40)36-35-31(39)20(2)37-30(23-12-6-7-13-24(23)33(37)41)28-25-14-8-9-15-26(25)34-29(28)21-10-4-3-5-11-21/h3-18,20,30,34H,1-2H3,(H,35,39)(H,36,40). The van der Waals surface area contributed by atoms with Gasteiger partial charge in [0.25, 0.3) is 23.4 Å². The summed E-state index contributed by atoms with van der Waals surface area (Å²) >= 11 is 0. The van der Waals surface area contributed by atoms with E-state index < -0.39 is 28.8 Å². The van der Waals surface area contributed by atoms with Crippen molar-refractivity contribution >= 4 is 34.3 Å². The predicted molar refractivity (Wildman–Crippen MR) is 161 cm³/mol. The van der Waals surface area contributed by atoms with Crippen LogP contribution in [0.5, 0.6) is 0 Å². The van der Waals surface area contributed by atoms with Crippen LogP contribution in [-0.4, -0.2) is 38.6 Å². The molecule has 0 saturated carbocycles. The second-order valence-electron chi connectivity index (χ2n) is 10.4. The van der Waals surface area contributed by atoms with Crippen molar-refractivity contribution in [2.24, 2.45) is 0 Å². The van der Waals surface area contributed by atoms with Crippen molar-refractivity contribution in [1.29, 1.82) is 0 Å². The summed E-state index contributed by atoms with van der Waals surface area (Å²) in [5, 5.41) is 12.1. The van der Waals surface area contributed by atoms with Gasteiger partial charge in [-0.05, 0) is 49.2 Å². The molecule has 1 aliphatic heterocycles. The first kappa shape index (κ1) is 27.4. The van der Waals surface area contributed by atoms with Gasteiger partial charge in [-0.1, -0.05) is 66.7 Å². The number of amides is 3. The molecule has 5 aromatic rings. The maximum absolute atomic E-state index is 13.9. The molecule has 0 spiro atoms. The number of aryl methyl sites for hydroxylation is 1. The summed E-state index contributed by atoms with van der Waals surface area (Å²) in [4.78, 5) is 55.9. The van der Waals surface area contributed by atoms with Gasteiger partial charge in [0.05, 0.1) is 16.7 Å². The maximum Gasteiger partial charge on any atom is 0.272 e. The lowest BCUT2D eigenvalue weighted by atomic mass is 9.92. The highest BCUT2D eigenvalue weighted by Crippen LogP contribution is 2.46. The first-order valence-corrected chi connectivity index (χ1v) is 13.7. The Labute approximate surface area is 246 Å². The highest BCUT2D eigenvalue weighted by Gasteiger charge is 2.44. The average molecular weight is 574 g/mol. The van der Waals surface area contributed by atoms with Crippen molar-refractivity contribution < 1.29 is 19.3 Å². The van der Waals surface area contributed by atoms with E-state index in [2.05, 4.69) is 15.8 Å². The molecule has 2 atom stereocenters. The quantitative estimate of drug-likeness (QED) is 0.183. The summed E-state index contributed by atoms with van der Waals surface area (Å²) < 4.78 is 0. The molecule has 0 aliphatic carbocycles. The van der Waals surface area contributed by atoms with Gasteiger partial charge < -0.3 is 9.88 Å². The first-order chi connectivity index (χ1) is 20.8. The van der Waals surface area contributed by atoms with Crippen molar-refractivity contribution in [2.45, 2.75) is 25.9 Å². The highest BCUT2D eigenvalue weighted by atomic mass is 16.6. The molecule has 0 radical (unpaired) electrons. The van der Waals surface area contributed by atoms with E-state index in [-0.39, 0.29) is 17.2 Å². The van der Waals surface area contributed by atoms with Crippen molar-refractivity contribution in [3.05, 3.63) is 135 Å². The second-order valence-corrected chi connectivity index (χ2v) is 10.4. The number of nitrogens with one attached hydrogen (secondary N) is 3. The Hall–Kier alpha value is -5.77. The molecule has 10 nitrogen and oxygen atoms in total. The van der Waals surface area contributed by atoms with Crippen LogP contribution in [0.15, 0.2) is 97.1 Å². The van der Waals surface area contributed by atoms with Crippen molar-refractivity contribution in [3.8, 4) is 11.3 Å². The van der Waals surface area contributed by atoms with Gasteiger partial charge >= 0.3 is 0 Å². The molecule has 1 aliphatic rings. The van der Waals surface area contributed by atoms with Crippen LogP contribution < -0.4 is 10.9 Å². The Morgan fingerprint density at radius 3 is 2.37 bits per heavy atom. The second kappa shape index (κ2) is 10.9. The van der Waals surface area contributed by atoms with E-state index in [1.807, 2.05) is 66.7 Å². The number of carbonyl (C=O) groups excluding carboxylic acids is 3. The number of hydrazine groups is 1. The van der Waals surface area contributed by atoms with Gasteiger partial charge in [0, 0.05) is 39.2 Å². The number of H-pyrrole nitrogens is 1. The molecule has 1 aromatic heterocycles. The minimum atomic E-state index is -0.985. The van der Waals surface area contributed by atoms with Gasteiger partial charge in [0.1, 0.15) is 6.04 Å². The predicted octanol–water partition coefficient (Wildman–Crippen LogP) is 5.45. The minimum absolute atomic E-state index is 0.112. The minimum Gasteiger partial charge on any atom is -0.354 e. The molecule has 0 bridgehead atoms. The van der Waals surface area contributed by atoms with E-state index in [1.165, 1.54) is 25.1 Å². The number of benzene rings is 4. The van der Waals surface area contributed by atoms with Crippen LogP contribution in [-0.2, 0) is 4.79 Å². The third-order valence-corrected chi connectivity index (χ3v) is 7.83. The van der Waals surface area contributed by atoms with E-state index in [0.717, 1.165) is 33.3 Å². The first-order valence-electron chi connectivity index (χ1n) is 13.7. The van der Waals surface area contributed by atoms with Crippen LogP contribution in [0, 0.1) is 17.0 Å². The molecular weight excluding hydrogens is 546 g/mol. The molecule has 3 amide bonds. The number of carbonyl (C=O) groups is 3. The fourth-order valence-electron chi connectivity index (χ4n) is 5.73. The molecule has 2 unspecified atom stereocenters. The number of rotatable bonds is 6. The van der Waals surface area contributed by atoms with Gasteiger partial charge in [-0.2, -0.15) is 0 Å². The van der Waals surface area contributed by atoms with Crippen molar-refractivity contribution in [3.63, 3.8) is 0 Å². The molecule has 0 saturated heterocycles. The monoisotopic (exact) mass is 573 g/mol. The van der Waals surface area contributed by atoms with Crippen LogP contribution in [0.1, 0.15) is 50.4 Å². The van der Waals surface area contributed by atoms with Crippen LogP contribution >= 0.6 is 0 Å². The molecule has 2 heterocycles. The summed E-state index contributed by atoms with van der Waals surface area (Å²) in [5.74, 6) is -1.54. The average Bonchev–Trinajstić information content (AvgIpc) is 3.54. The fraction of sp³-hybridized carbons (Fsp3) is 0.121. The number of nitrogens with zero attached hydrogens (tertiary/aromatic N) is 2. The van der Waals surface area contributed by atoms with Crippen LogP contribution in [0.25, 0.3) is 22.2 Å². The molecule has 0 fully saturated rings.